The molecule has 0 aliphatic heterocycles. The van der Waals surface area contributed by atoms with Crippen molar-refractivity contribution in [3.63, 3.8) is 0 Å². The van der Waals surface area contributed by atoms with E-state index in [1.54, 1.807) is 0 Å². The second kappa shape index (κ2) is 8.77. The average molecular weight is 382 g/mol. The van der Waals surface area contributed by atoms with Crippen LogP contribution in [0.2, 0.25) is 0 Å². The Morgan fingerprint density at radius 1 is 1.11 bits per heavy atom. The van der Waals surface area contributed by atoms with Gasteiger partial charge in [-0.15, -0.1) is 0 Å². The van der Waals surface area contributed by atoms with Gasteiger partial charge in [-0.2, -0.15) is 0 Å². The molecule has 0 atom stereocenters. The topological polar surface area (TPSA) is 56.1 Å². The van der Waals surface area contributed by atoms with Crippen LogP contribution in [0.15, 0.2) is 59.8 Å². The zero-order valence-corrected chi connectivity index (χ0v) is 16.5. The minimum atomic E-state index is -0.0675. The number of carbonyl (C=O) groups is 1. The quantitative estimate of drug-likeness (QED) is 0.607. The molecule has 2 aromatic carbocycles. The first-order valence-electron chi connectivity index (χ1n) is 8.85. The van der Waals surface area contributed by atoms with Gasteiger partial charge in [0.1, 0.15) is 5.75 Å². The number of thioether (sulfide) groups is 1. The Morgan fingerprint density at radius 2 is 1.81 bits per heavy atom. The molecule has 0 aliphatic carbocycles. The van der Waals surface area contributed by atoms with E-state index in [-0.39, 0.29) is 11.7 Å². The molecule has 0 fully saturated rings. The summed E-state index contributed by atoms with van der Waals surface area (Å²) in [6.45, 7) is 6.59. The third-order valence-corrected chi connectivity index (χ3v) is 5.05. The molecule has 0 aliphatic rings. The second-order valence-corrected chi connectivity index (χ2v) is 6.97. The van der Waals surface area contributed by atoms with Gasteiger partial charge in [-0.3, -0.25) is 9.36 Å². The van der Waals surface area contributed by atoms with Crippen molar-refractivity contribution < 1.29 is 9.53 Å². The highest BCUT2D eigenvalue weighted by Crippen LogP contribution is 2.25. The van der Waals surface area contributed by atoms with E-state index < -0.39 is 0 Å². The average Bonchev–Trinajstić information content (AvgIpc) is 2.96. The molecule has 140 valence electrons. The number of aromatic nitrogens is 2. The maximum Gasteiger partial charge on any atom is 0.234 e. The highest BCUT2D eigenvalue weighted by atomic mass is 32.2. The summed E-state index contributed by atoms with van der Waals surface area (Å²) in [6.07, 6.45) is 0. The highest BCUT2D eigenvalue weighted by Gasteiger charge is 2.14. The predicted octanol–water partition coefficient (Wildman–Crippen LogP) is 4.62. The molecule has 0 saturated carbocycles. The Labute approximate surface area is 163 Å². The summed E-state index contributed by atoms with van der Waals surface area (Å²) in [4.78, 5) is 17.0. The molecule has 0 radical (unpaired) electrons. The van der Waals surface area contributed by atoms with Gasteiger partial charge in [0, 0.05) is 17.1 Å². The molecule has 3 rings (SSSR count). The van der Waals surface area contributed by atoms with E-state index in [1.807, 2.05) is 75.4 Å². The van der Waals surface area contributed by atoms with Crippen LogP contribution in [0.3, 0.4) is 0 Å². The van der Waals surface area contributed by atoms with Crippen molar-refractivity contribution in [2.75, 3.05) is 17.7 Å². The number of para-hydroxylation sites is 1. The fraction of sp³-hybridized carbons (Fsp3) is 0.238. The minimum Gasteiger partial charge on any atom is -0.494 e. The molecule has 1 aromatic heterocycles. The summed E-state index contributed by atoms with van der Waals surface area (Å²) in [5.41, 5.74) is 3.84. The number of hydrogen-bond acceptors (Lipinski definition) is 4. The molecule has 6 heteroatoms. The smallest absolute Gasteiger partial charge is 0.234 e. The lowest BCUT2D eigenvalue weighted by Gasteiger charge is -2.10. The van der Waals surface area contributed by atoms with E-state index in [9.17, 15) is 4.79 Å². The van der Waals surface area contributed by atoms with Crippen molar-refractivity contribution in [1.29, 1.82) is 0 Å². The molecule has 1 amide bonds. The molecular weight excluding hydrogens is 358 g/mol. The van der Waals surface area contributed by atoms with Gasteiger partial charge in [-0.25, -0.2) is 4.98 Å². The van der Waals surface area contributed by atoms with E-state index in [2.05, 4.69) is 14.9 Å². The van der Waals surface area contributed by atoms with Crippen molar-refractivity contribution in [3.05, 3.63) is 66.0 Å². The maximum atomic E-state index is 12.3. The third-order valence-electron chi connectivity index (χ3n) is 4.11. The van der Waals surface area contributed by atoms with Gasteiger partial charge >= 0.3 is 0 Å². The maximum absolute atomic E-state index is 12.3. The Hall–Kier alpha value is -2.73. The molecule has 3 aromatic rings. The molecule has 5 nitrogen and oxygen atoms in total. The Kier molecular flexibility index (Phi) is 6.19. The number of carbonyl (C=O) groups excluding carboxylic acids is 1. The van der Waals surface area contributed by atoms with Gasteiger partial charge in [0.2, 0.25) is 5.91 Å². The van der Waals surface area contributed by atoms with Crippen molar-refractivity contribution in [1.82, 2.24) is 9.55 Å². The monoisotopic (exact) mass is 381 g/mol. The second-order valence-electron chi connectivity index (χ2n) is 6.03. The van der Waals surface area contributed by atoms with Crippen molar-refractivity contribution in [2.45, 2.75) is 25.9 Å². The van der Waals surface area contributed by atoms with E-state index in [0.29, 0.717) is 6.61 Å². The molecule has 0 unspecified atom stereocenters. The van der Waals surface area contributed by atoms with Gasteiger partial charge in [-0.1, -0.05) is 30.0 Å². The summed E-state index contributed by atoms with van der Waals surface area (Å²) in [5.74, 6) is 1.01. The van der Waals surface area contributed by atoms with Crippen molar-refractivity contribution >= 4 is 23.4 Å². The number of aryl methyl sites for hydroxylation is 1. The van der Waals surface area contributed by atoms with Crippen LogP contribution < -0.4 is 10.1 Å². The standard InChI is InChI=1S/C21H23N3O2S/c1-4-26-19-12-10-17(11-13-19)23-20(25)14-27-21-22-15(2)16(3)24(21)18-8-6-5-7-9-18/h5-13H,4,14H2,1-3H3,(H,23,25). The Morgan fingerprint density at radius 3 is 2.48 bits per heavy atom. The Balaban J connectivity index is 1.66. The van der Waals surface area contributed by atoms with Crippen LogP contribution in [-0.4, -0.2) is 27.8 Å². The first-order chi connectivity index (χ1) is 13.1. The SMILES string of the molecule is CCOc1ccc(NC(=O)CSc2nc(C)c(C)n2-c2ccccc2)cc1. The van der Waals surface area contributed by atoms with Gasteiger partial charge in [0.05, 0.1) is 18.1 Å². The predicted molar refractivity (Wildman–Crippen MR) is 110 cm³/mol. The molecule has 1 N–H and O–H groups in total. The summed E-state index contributed by atoms with van der Waals surface area (Å²) in [6, 6.07) is 17.4. The number of nitrogens with one attached hydrogen (secondary N) is 1. The fourth-order valence-corrected chi connectivity index (χ4v) is 3.59. The molecule has 0 saturated heterocycles. The number of anilines is 1. The number of rotatable bonds is 7. The first kappa shape index (κ1) is 19.0. The lowest BCUT2D eigenvalue weighted by molar-refractivity contribution is -0.113. The summed E-state index contributed by atoms with van der Waals surface area (Å²) in [7, 11) is 0. The van der Waals surface area contributed by atoms with Gasteiger partial charge in [0.25, 0.3) is 0 Å². The zero-order valence-electron chi connectivity index (χ0n) is 15.7. The summed E-state index contributed by atoms with van der Waals surface area (Å²) >= 11 is 1.43. The molecule has 0 spiro atoms. The summed E-state index contributed by atoms with van der Waals surface area (Å²) < 4.78 is 7.50. The first-order valence-corrected chi connectivity index (χ1v) is 9.84. The van der Waals surface area contributed by atoms with Crippen LogP contribution in [-0.2, 0) is 4.79 Å². The lowest BCUT2D eigenvalue weighted by atomic mass is 10.3. The normalized spacial score (nSPS) is 10.6. The number of hydrogen-bond donors (Lipinski definition) is 1. The fourth-order valence-electron chi connectivity index (χ4n) is 2.69. The van der Waals surface area contributed by atoms with Crippen LogP contribution in [0.5, 0.6) is 5.75 Å². The molecule has 27 heavy (non-hydrogen) atoms. The van der Waals surface area contributed by atoms with Gasteiger partial charge in [0.15, 0.2) is 5.16 Å². The Bertz CT molecular complexity index is 905. The van der Waals surface area contributed by atoms with Crippen LogP contribution in [0.25, 0.3) is 5.69 Å². The number of ether oxygens (including phenoxy) is 1. The summed E-state index contributed by atoms with van der Waals surface area (Å²) in [5, 5.41) is 3.73. The van der Waals surface area contributed by atoms with Crippen molar-refractivity contribution in [3.8, 4) is 11.4 Å². The van der Waals surface area contributed by atoms with Crippen LogP contribution in [0, 0.1) is 13.8 Å². The third kappa shape index (κ3) is 4.71. The van der Waals surface area contributed by atoms with Crippen LogP contribution in [0.1, 0.15) is 18.3 Å². The number of amides is 1. The van der Waals surface area contributed by atoms with Crippen LogP contribution in [0.4, 0.5) is 5.69 Å². The lowest BCUT2D eigenvalue weighted by Crippen LogP contribution is -2.14. The molecule has 0 bridgehead atoms. The minimum absolute atomic E-state index is 0.0675. The molecular formula is C21H23N3O2S. The number of benzene rings is 2. The largest absolute Gasteiger partial charge is 0.494 e. The van der Waals surface area contributed by atoms with E-state index >= 15 is 0 Å². The van der Waals surface area contributed by atoms with E-state index in [0.717, 1.165) is 33.7 Å². The van der Waals surface area contributed by atoms with Gasteiger partial charge < -0.3 is 10.1 Å². The van der Waals surface area contributed by atoms with Crippen molar-refractivity contribution in [2.24, 2.45) is 0 Å². The highest BCUT2D eigenvalue weighted by molar-refractivity contribution is 7.99. The number of imidazole rings is 1. The zero-order chi connectivity index (χ0) is 19.2. The number of nitrogens with zero attached hydrogens (tertiary/aromatic N) is 2. The van der Waals surface area contributed by atoms with E-state index in [4.69, 9.17) is 4.74 Å². The van der Waals surface area contributed by atoms with Gasteiger partial charge in [-0.05, 0) is 57.2 Å². The van der Waals surface area contributed by atoms with Crippen LogP contribution >= 0.6 is 11.8 Å². The van der Waals surface area contributed by atoms with E-state index in [1.165, 1.54) is 11.8 Å². The molecule has 1 heterocycles.